The molecule has 8 nitrogen and oxygen atoms in total. The summed E-state index contributed by atoms with van der Waals surface area (Å²) in [6, 6.07) is 9.32. The van der Waals surface area contributed by atoms with E-state index in [4.69, 9.17) is 9.26 Å². The van der Waals surface area contributed by atoms with Gasteiger partial charge in [-0.3, -0.25) is 0 Å². The molecule has 2 atom stereocenters. The van der Waals surface area contributed by atoms with Crippen LogP contribution in [0.4, 0.5) is 22.0 Å². The molecule has 2 aromatic carbocycles. The lowest BCUT2D eigenvalue weighted by Gasteiger charge is -2.34. The first-order valence-corrected chi connectivity index (χ1v) is 10.5. The molecule has 0 radical (unpaired) electrons. The van der Waals surface area contributed by atoms with Gasteiger partial charge in [0.1, 0.15) is 47.9 Å². The van der Waals surface area contributed by atoms with Crippen molar-refractivity contribution in [3.05, 3.63) is 84.1 Å². The molecule has 4 aromatic rings. The number of benzene rings is 2. The molecule has 0 amide bonds. The average molecular weight is 510 g/mol. The van der Waals surface area contributed by atoms with Gasteiger partial charge >= 0.3 is 6.36 Å². The van der Waals surface area contributed by atoms with Crippen molar-refractivity contribution in [2.24, 2.45) is 0 Å². The van der Waals surface area contributed by atoms with Gasteiger partial charge in [0, 0.05) is 23.3 Å². The normalized spacial score (nSPS) is 14.4. The number of nitrogens with zero attached hydrogens (tertiary/aromatic N) is 4. The van der Waals surface area contributed by atoms with Crippen molar-refractivity contribution in [3.63, 3.8) is 0 Å². The molecule has 13 heteroatoms. The predicted octanol–water partition coefficient (Wildman–Crippen LogP) is 4.60. The first-order chi connectivity index (χ1) is 17.0. The molecule has 1 N–H and O–H groups in total. The van der Waals surface area contributed by atoms with Crippen molar-refractivity contribution in [1.29, 1.82) is 0 Å². The Labute approximate surface area is 200 Å². The van der Waals surface area contributed by atoms with Crippen molar-refractivity contribution in [1.82, 2.24) is 19.9 Å². The maximum Gasteiger partial charge on any atom is 0.573 e. The second-order valence-corrected chi connectivity index (χ2v) is 7.85. The maximum absolute atomic E-state index is 14.6. The van der Waals surface area contributed by atoms with Gasteiger partial charge in [-0.15, -0.1) is 13.2 Å². The predicted molar refractivity (Wildman–Crippen MR) is 113 cm³/mol. The maximum atomic E-state index is 14.6. The third-order valence-electron chi connectivity index (χ3n) is 5.36. The van der Waals surface area contributed by atoms with Crippen LogP contribution < -0.4 is 4.74 Å². The van der Waals surface area contributed by atoms with Crippen LogP contribution in [0.25, 0.3) is 11.3 Å². The lowest BCUT2D eigenvalue weighted by Crippen LogP contribution is -2.44. The van der Waals surface area contributed by atoms with Crippen LogP contribution >= 0.6 is 0 Å². The number of aromatic nitrogens is 4. The number of ether oxygens (including phenoxy) is 2. The molecule has 0 spiro atoms. The number of aliphatic hydroxyl groups is 1. The SMILES string of the molecule is CC(OCc1cc(-c2ccc(OC(F)(F)F)cc2)no1)C(O)(Cn1cncn1)c1ccc(F)cc1F. The lowest BCUT2D eigenvalue weighted by atomic mass is 9.88. The van der Waals surface area contributed by atoms with Gasteiger partial charge in [0.15, 0.2) is 5.76 Å². The van der Waals surface area contributed by atoms with Crippen molar-refractivity contribution < 1.29 is 41.1 Å². The number of hydrogen-bond acceptors (Lipinski definition) is 7. The Hall–Kier alpha value is -3.84. The molecular weight excluding hydrogens is 491 g/mol. The molecule has 0 saturated carbocycles. The Morgan fingerprint density at radius 2 is 1.83 bits per heavy atom. The number of rotatable bonds is 9. The lowest BCUT2D eigenvalue weighted by molar-refractivity contribution is -0.274. The van der Waals surface area contributed by atoms with Crippen LogP contribution in [0.1, 0.15) is 18.2 Å². The fourth-order valence-electron chi connectivity index (χ4n) is 3.52. The molecule has 4 rings (SSSR count). The van der Waals surface area contributed by atoms with Crippen LogP contribution in [0.3, 0.4) is 0 Å². The minimum atomic E-state index is -4.80. The van der Waals surface area contributed by atoms with Crippen LogP contribution in [0, 0.1) is 11.6 Å². The molecule has 36 heavy (non-hydrogen) atoms. The topological polar surface area (TPSA) is 95.4 Å². The van der Waals surface area contributed by atoms with E-state index in [0.29, 0.717) is 17.3 Å². The molecule has 0 bridgehead atoms. The van der Waals surface area contributed by atoms with Gasteiger partial charge in [0.25, 0.3) is 0 Å². The quantitative estimate of drug-likeness (QED) is 0.329. The zero-order valence-corrected chi connectivity index (χ0v) is 18.6. The van der Waals surface area contributed by atoms with Crippen molar-refractivity contribution >= 4 is 0 Å². The molecule has 2 aromatic heterocycles. The van der Waals surface area contributed by atoms with Crippen LogP contribution in [0.2, 0.25) is 0 Å². The summed E-state index contributed by atoms with van der Waals surface area (Å²) < 4.78 is 81.2. The number of alkyl halides is 3. The van der Waals surface area contributed by atoms with Gasteiger partial charge in [-0.05, 0) is 37.3 Å². The van der Waals surface area contributed by atoms with E-state index in [2.05, 4.69) is 20.0 Å². The van der Waals surface area contributed by atoms with E-state index in [9.17, 15) is 27.1 Å². The van der Waals surface area contributed by atoms with Crippen molar-refractivity contribution in [2.45, 2.75) is 38.1 Å². The molecule has 0 saturated heterocycles. The molecule has 0 fully saturated rings. The monoisotopic (exact) mass is 510 g/mol. The molecule has 0 aliphatic heterocycles. The standard InChI is InChI=1S/C23H19F5N4O4/c1-14(22(33,11-32-13-29-12-30-32)19-7-4-16(24)8-20(19)25)34-10-18-9-21(31-36-18)15-2-5-17(6-3-15)35-23(26,27)28/h2-9,12-14,33H,10-11H2,1H3. The smallest absolute Gasteiger partial charge is 0.406 e. The van der Waals surface area contributed by atoms with Crippen molar-refractivity contribution in [3.8, 4) is 17.0 Å². The Bertz CT molecular complexity index is 1290. The Kier molecular flexibility index (Phi) is 7.04. The van der Waals surface area contributed by atoms with Gasteiger partial charge in [-0.2, -0.15) is 5.10 Å². The van der Waals surface area contributed by atoms with Gasteiger partial charge < -0.3 is 19.1 Å². The van der Waals surface area contributed by atoms with Gasteiger partial charge in [-0.1, -0.05) is 11.2 Å². The van der Waals surface area contributed by atoms with Gasteiger partial charge in [0.2, 0.25) is 0 Å². The second kappa shape index (κ2) is 10.0. The number of hydrogen-bond donors (Lipinski definition) is 1. The molecule has 0 aliphatic rings. The van der Waals surface area contributed by atoms with E-state index < -0.39 is 29.7 Å². The highest BCUT2D eigenvalue weighted by Gasteiger charge is 2.40. The molecule has 0 aliphatic carbocycles. The molecule has 2 heterocycles. The summed E-state index contributed by atoms with van der Waals surface area (Å²) in [4.78, 5) is 3.80. The zero-order valence-electron chi connectivity index (χ0n) is 18.6. The van der Waals surface area contributed by atoms with E-state index >= 15 is 0 Å². The minimum Gasteiger partial charge on any atom is -0.406 e. The Balaban J connectivity index is 1.48. The van der Waals surface area contributed by atoms with E-state index in [1.165, 1.54) is 42.5 Å². The summed E-state index contributed by atoms with van der Waals surface area (Å²) in [5, 5.41) is 19.2. The first kappa shape index (κ1) is 25.3. The van der Waals surface area contributed by atoms with Crippen LogP contribution in [-0.4, -0.2) is 37.5 Å². The highest BCUT2D eigenvalue weighted by atomic mass is 19.4. The summed E-state index contributed by atoms with van der Waals surface area (Å²) in [6.07, 6.45) is -3.28. The van der Waals surface area contributed by atoms with Crippen LogP contribution in [0.15, 0.2) is 65.7 Å². The van der Waals surface area contributed by atoms with Crippen LogP contribution in [0.5, 0.6) is 5.75 Å². The summed E-state index contributed by atoms with van der Waals surface area (Å²) in [6.45, 7) is 1.06. The van der Waals surface area contributed by atoms with Crippen molar-refractivity contribution in [2.75, 3.05) is 0 Å². The summed E-state index contributed by atoms with van der Waals surface area (Å²) in [7, 11) is 0. The first-order valence-electron chi connectivity index (χ1n) is 10.5. The third-order valence-corrected chi connectivity index (χ3v) is 5.36. The summed E-state index contributed by atoms with van der Waals surface area (Å²) in [5.74, 6) is -1.92. The fourth-order valence-corrected chi connectivity index (χ4v) is 3.52. The second-order valence-electron chi connectivity index (χ2n) is 7.85. The van der Waals surface area contributed by atoms with E-state index in [0.717, 1.165) is 24.3 Å². The highest BCUT2D eigenvalue weighted by molar-refractivity contribution is 5.59. The molecule has 190 valence electrons. The summed E-state index contributed by atoms with van der Waals surface area (Å²) in [5.41, 5.74) is -1.39. The largest absolute Gasteiger partial charge is 0.573 e. The minimum absolute atomic E-state index is 0.189. The molecular formula is C23H19F5N4O4. The average Bonchev–Trinajstić information content (AvgIpc) is 3.49. The van der Waals surface area contributed by atoms with Gasteiger partial charge in [0.05, 0.1) is 12.6 Å². The number of halogens is 5. The Morgan fingerprint density at radius 3 is 2.47 bits per heavy atom. The van der Waals surface area contributed by atoms with Gasteiger partial charge in [-0.25, -0.2) is 18.4 Å². The third kappa shape index (κ3) is 5.86. The molecule has 2 unspecified atom stereocenters. The van der Waals surface area contributed by atoms with E-state index in [1.807, 2.05) is 0 Å². The summed E-state index contributed by atoms with van der Waals surface area (Å²) >= 11 is 0. The fraction of sp³-hybridized carbons (Fsp3) is 0.261. The highest BCUT2D eigenvalue weighted by Crippen LogP contribution is 2.32. The van der Waals surface area contributed by atoms with E-state index in [1.54, 1.807) is 0 Å². The zero-order chi connectivity index (χ0) is 25.9. The van der Waals surface area contributed by atoms with E-state index in [-0.39, 0.29) is 30.2 Å². The Morgan fingerprint density at radius 1 is 1.08 bits per heavy atom. The van der Waals surface area contributed by atoms with Crippen LogP contribution in [-0.2, 0) is 23.5 Å².